The molecule has 1 aromatic carbocycles. The molecule has 1 aliphatic heterocycles. The van der Waals surface area contributed by atoms with Crippen LogP contribution in [0.3, 0.4) is 0 Å². The third-order valence-corrected chi connectivity index (χ3v) is 6.69. The molecule has 8 heteroatoms. The number of anilines is 1. The Morgan fingerprint density at radius 1 is 1.06 bits per heavy atom. The average Bonchev–Trinajstić information content (AvgIpc) is 2.79. The van der Waals surface area contributed by atoms with E-state index in [1.165, 1.54) is 0 Å². The van der Waals surface area contributed by atoms with Gasteiger partial charge in [0.15, 0.2) is 0 Å². The van der Waals surface area contributed by atoms with E-state index in [-0.39, 0.29) is 11.9 Å². The highest BCUT2D eigenvalue weighted by atomic mass is 19.4. The molecule has 2 aliphatic rings. The molecule has 1 heterocycles. The maximum Gasteiger partial charge on any atom is 0.416 e. The van der Waals surface area contributed by atoms with Gasteiger partial charge in [0.05, 0.1) is 11.6 Å². The molecule has 176 valence electrons. The van der Waals surface area contributed by atoms with Crippen molar-refractivity contribution in [3.63, 3.8) is 0 Å². The van der Waals surface area contributed by atoms with Crippen LogP contribution in [0.2, 0.25) is 0 Å². The Bertz CT molecular complexity index is 759. The lowest BCUT2D eigenvalue weighted by Gasteiger charge is -2.37. The van der Waals surface area contributed by atoms with Crippen molar-refractivity contribution in [2.75, 3.05) is 37.6 Å². The minimum atomic E-state index is -4.29. The number of nitrogens with one attached hydrogen (secondary N) is 1. The van der Waals surface area contributed by atoms with E-state index in [9.17, 15) is 18.0 Å². The zero-order valence-electron chi connectivity index (χ0n) is 18.5. The van der Waals surface area contributed by atoms with Gasteiger partial charge in [0.25, 0.3) is 0 Å². The van der Waals surface area contributed by atoms with Gasteiger partial charge in [0.1, 0.15) is 0 Å². The van der Waals surface area contributed by atoms with Crippen molar-refractivity contribution in [1.82, 2.24) is 10.2 Å². The molecular formula is C24H33F3N4O. The maximum atomic E-state index is 12.7. The molecule has 32 heavy (non-hydrogen) atoms. The number of carbonyl (C=O) groups is 1. The van der Waals surface area contributed by atoms with Crippen LogP contribution in [-0.2, 0) is 11.0 Å². The van der Waals surface area contributed by atoms with Crippen molar-refractivity contribution in [2.45, 2.75) is 63.6 Å². The van der Waals surface area contributed by atoms with Gasteiger partial charge >= 0.3 is 6.18 Å². The molecular weight excluding hydrogens is 417 g/mol. The zero-order valence-corrected chi connectivity index (χ0v) is 18.5. The van der Waals surface area contributed by atoms with Crippen LogP contribution >= 0.6 is 0 Å². The highest BCUT2D eigenvalue weighted by Gasteiger charge is 2.30. The summed E-state index contributed by atoms with van der Waals surface area (Å²) in [5.74, 6) is 0.754. The summed E-state index contributed by atoms with van der Waals surface area (Å²) in [6.45, 7) is 4.56. The molecule has 2 fully saturated rings. The number of amides is 1. The summed E-state index contributed by atoms with van der Waals surface area (Å²) in [6.07, 6.45) is 2.67. The van der Waals surface area contributed by atoms with Crippen LogP contribution in [0.4, 0.5) is 18.9 Å². The van der Waals surface area contributed by atoms with Crippen LogP contribution in [0, 0.1) is 17.2 Å². The fraction of sp³-hybridized carbons (Fsp3) is 0.667. The number of piperazine rings is 1. The first-order chi connectivity index (χ1) is 15.3. The van der Waals surface area contributed by atoms with E-state index in [4.69, 9.17) is 5.26 Å². The number of halogens is 3. The lowest BCUT2D eigenvalue weighted by molar-refractivity contribution is -0.137. The lowest BCUT2D eigenvalue weighted by atomic mass is 9.84. The molecule has 1 saturated heterocycles. The number of hydrogen-bond donors (Lipinski definition) is 1. The monoisotopic (exact) mass is 450 g/mol. The topological polar surface area (TPSA) is 59.4 Å². The quantitative estimate of drug-likeness (QED) is 0.589. The third kappa shape index (κ3) is 7.40. The summed E-state index contributed by atoms with van der Waals surface area (Å²) in [5.41, 5.74) is 0.249. The number of rotatable bonds is 8. The first-order valence-electron chi connectivity index (χ1n) is 11.7. The first-order valence-corrected chi connectivity index (χ1v) is 11.7. The second-order valence-electron chi connectivity index (χ2n) is 8.96. The van der Waals surface area contributed by atoms with Gasteiger partial charge in [-0.3, -0.25) is 9.69 Å². The summed E-state index contributed by atoms with van der Waals surface area (Å²) < 4.78 is 38.2. The van der Waals surface area contributed by atoms with Crippen LogP contribution in [-0.4, -0.2) is 49.6 Å². The van der Waals surface area contributed by atoms with Gasteiger partial charge in [-0.1, -0.05) is 0 Å². The molecule has 0 radical (unpaired) electrons. The van der Waals surface area contributed by atoms with Gasteiger partial charge in [-0.05, 0) is 75.3 Å². The SMILES string of the molecule is N#CCCCC(=O)N[C@H]1CC[C@H](CCN2CCN(c3ccc(C(F)(F)F)cc3)CC2)CC1. The standard InChI is InChI=1S/C24H33F3N4O/c25-24(26,27)20-6-10-22(11-7-20)31-17-15-30(16-18-31)14-12-19-4-8-21(9-5-19)29-23(32)3-1-2-13-28/h6-7,10-11,19,21H,1-5,8-9,12,14-18H2,(H,29,32)/t19-,21-. The van der Waals surface area contributed by atoms with Gasteiger partial charge in [-0.15, -0.1) is 0 Å². The van der Waals surface area contributed by atoms with Gasteiger partial charge in [-0.25, -0.2) is 0 Å². The van der Waals surface area contributed by atoms with E-state index in [0.29, 0.717) is 25.2 Å². The molecule has 1 saturated carbocycles. The molecule has 1 aliphatic carbocycles. The van der Waals surface area contributed by atoms with E-state index in [1.807, 2.05) is 0 Å². The van der Waals surface area contributed by atoms with E-state index in [2.05, 4.69) is 21.2 Å². The summed E-state index contributed by atoms with van der Waals surface area (Å²) in [7, 11) is 0. The molecule has 0 spiro atoms. The Morgan fingerprint density at radius 2 is 1.72 bits per heavy atom. The van der Waals surface area contributed by atoms with Crippen LogP contribution in [0.1, 0.15) is 56.9 Å². The fourth-order valence-electron chi connectivity index (χ4n) is 4.68. The van der Waals surface area contributed by atoms with Crippen molar-refractivity contribution in [3.8, 4) is 6.07 Å². The Balaban J connectivity index is 1.31. The second kappa shape index (κ2) is 11.6. The number of nitrogens with zero attached hydrogens (tertiary/aromatic N) is 3. The van der Waals surface area contributed by atoms with Crippen molar-refractivity contribution >= 4 is 11.6 Å². The second-order valence-corrected chi connectivity index (χ2v) is 8.96. The zero-order chi connectivity index (χ0) is 23.0. The van der Waals surface area contributed by atoms with Crippen LogP contribution in [0.15, 0.2) is 24.3 Å². The molecule has 0 aromatic heterocycles. The number of benzene rings is 1. The lowest BCUT2D eigenvalue weighted by Crippen LogP contribution is -2.47. The summed E-state index contributed by atoms with van der Waals surface area (Å²) >= 11 is 0. The highest BCUT2D eigenvalue weighted by Crippen LogP contribution is 2.31. The van der Waals surface area contributed by atoms with E-state index in [1.54, 1.807) is 12.1 Å². The first kappa shape index (κ1) is 24.4. The Morgan fingerprint density at radius 3 is 2.31 bits per heavy atom. The normalized spacial score (nSPS) is 22.4. The minimum Gasteiger partial charge on any atom is -0.369 e. The number of hydrogen-bond acceptors (Lipinski definition) is 4. The summed E-state index contributed by atoms with van der Waals surface area (Å²) in [6, 6.07) is 7.79. The largest absolute Gasteiger partial charge is 0.416 e. The number of unbranched alkanes of at least 4 members (excludes halogenated alkanes) is 1. The maximum absolute atomic E-state index is 12.7. The van der Waals surface area contributed by atoms with Gasteiger partial charge < -0.3 is 10.2 Å². The average molecular weight is 451 g/mol. The molecule has 1 aromatic rings. The number of carbonyl (C=O) groups excluding carboxylic acids is 1. The molecule has 3 rings (SSSR count). The van der Waals surface area contributed by atoms with Crippen molar-refractivity contribution in [1.29, 1.82) is 5.26 Å². The Kier molecular flexibility index (Phi) is 8.80. The van der Waals surface area contributed by atoms with Gasteiger partial charge in [0, 0.05) is 50.7 Å². The van der Waals surface area contributed by atoms with Crippen molar-refractivity contribution in [2.24, 2.45) is 5.92 Å². The van der Waals surface area contributed by atoms with Gasteiger partial charge in [-0.2, -0.15) is 18.4 Å². The van der Waals surface area contributed by atoms with Crippen LogP contribution < -0.4 is 10.2 Å². The molecule has 0 bridgehead atoms. The predicted octanol–water partition coefficient (Wildman–Crippen LogP) is 4.59. The van der Waals surface area contributed by atoms with E-state index < -0.39 is 11.7 Å². The molecule has 1 N–H and O–H groups in total. The summed E-state index contributed by atoms with van der Waals surface area (Å²) in [5, 5.41) is 11.7. The van der Waals surface area contributed by atoms with E-state index >= 15 is 0 Å². The molecule has 0 atom stereocenters. The number of alkyl halides is 3. The summed E-state index contributed by atoms with van der Waals surface area (Å²) in [4.78, 5) is 16.5. The van der Waals surface area contributed by atoms with Crippen LogP contribution in [0.5, 0.6) is 0 Å². The van der Waals surface area contributed by atoms with Crippen LogP contribution in [0.25, 0.3) is 0 Å². The molecule has 5 nitrogen and oxygen atoms in total. The Labute approximate surface area is 188 Å². The Hall–Kier alpha value is -2.27. The van der Waals surface area contributed by atoms with Crippen molar-refractivity contribution < 1.29 is 18.0 Å². The molecule has 1 amide bonds. The highest BCUT2D eigenvalue weighted by molar-refractivity contribution is 5.76. The third-order valence-electron chi connectivity index (χ3n) is 6.69. The van der Waals surface area contributed by atoms with E-state index in [0.717, 1.165) is 82.6 Å². The smallest absolute Gasteiger partial charge is 0.369 e. The molecule has 0 unspecified atom stereocenters. The predicted molar refractivity (Wildman–Crippen MR) is 118 cm³/mol. The number of nitriles is 1. The van der Waals surface area contributed by atoms with Gasteiger partial charge in [0.2, 0.25) is 5.91 Å². The minimum absolute atomic E-state index is 0.0645. The van der Waals surface area contributed by atoms with Crippen molar-refractivity contribution in [3.05, 3.63) is 29.8 Å². The fourth-order valence-corrected chi connectivity index (χ4v) is 4.68.